The topological polar surface area (TPSA) is 67.2 Å². The largest absolute Gasteiger partial charge is 0.354 e. The van der Waals surface area contributed by atoms with Crippen molar-refractivity contribution in [3.05, 3.63) is 0 Å². The van der Waals surface area contributed by atoms with E-state index in [1.165, 1.54) is 0 Å². The quantitative estimate of drug-likeness (QED) is 0.470. The van der Waals surface area contributed by atoms with E-state index in [1.807, 2.05) is 0 Å². The molecule has 0 aliphatic carbocycles. The minimum atomic E-state index is 0.123. The van der Waals surface area contributed by atoms with Gasteiger partial charge in [-0.25, -0.2) is 0 Å². The number of hydrogen-bond acceptors (Lipinski definition) is 4. The lowest BCUT2D eigenvalue weighted by molar-refractivity contribution is -0.118. The molecular weight excluding hydrogens is 198 g/mol. The Morgan fingerprint density at radius 3 is 2.79 bits per heavy atom. The summed E-state index contributed by atoms with van der Waals surface area (Å²) >= 11 is 1.68. The Bertz CT molecular complexity index is 144. The molecule has 0 heterocycles. The first-order chi connectivity index (χ1) is 6.81. The van der Waals surface area contributed by atoms with Gasteiger partial charge in [0.2, 0.25) is 5.91 Å². The second kappa shape index (κ2) is 10.8. The lowest BCUT2D eigenvalue weighted by atomic mass is 10.5. The molecule has 4 nitrogen and oxygen atoms in total. The van der Waals surface area contributed by atoms with Crippen molar-refractivity contribution in [3.63, 3.8) is 0 Å². The number of rotatable bonds is 9. The summed E-state index contributed by atoms with van der Waals surface area (Å²) in [5.74, 6) is 1.75. The first kappa shape index (κ1) is 13.7. The van der Waals surface area contributed by atoms with Crippen molar-refractivity contribution < 1.29 is 4.79 Å². The Morgan fingerprint density at radius 1 is 1.36 bits per heavy atom. The summed E-state index contributed by atoms with van der Waals surface area (Å²) in [5, 5.41) is 5.95. The van der Waals surface area contributed by atoms with Gasteiger partial charge in [-0.1, -0.05) is 6.92 Å². The highest BCUT2D eigenvalue weighted by atomic mass is 32.2. The number of carbonyl (C=O) groups is 1. The van der Waals surface area contributed by atoms with Crippen LogP contribution in [0.5, 0.6) is 0 Å². The summed E-state index contributed by atoms with van der Waals surface area (Å²) in [7, 11) is 0. The number of amides is 1. The third-order valence-corrected chi connectivity index (χ3v) is 2.69. The molecule has 0 atom stereocenters. The fourth-order valence-corrected chi connectivity index (χ4v) is 1.60. The van der Waals surface area contributed by atoms with Crippen molar-refractivity contribution >= 4 is 17.7 Å². The van der Waals surface area contributed by atoms with E-state index in [-0.39, 0.29) is 5.91 Å². The highest BCUT2D eigenvalue weighted by molar-refractivity contribution is 7.99. The Labute approximate surface area is 90.4 Å². The van der Waals surface area contributed by atoms with Crippen LogP contribution in [0.1, 0.15) is 13.3 Å². The van der Waals surface area contributed by atoms with Crippen LogP contribution in [0.25, 0.3) is 0 Å². The van der Waals surface area contributed by atoms with Gasteiger partial charge >= 0.3 is 0 Å². The molecule has 0 aromatic rings. The standard InChI is InChI=1S/C9H21N3OS/c1-2-7-14-8-9(13)12-6-5-11-4-3-10/h11H,2-8,10H2,1H3,(H,12,13). The molecule has 0 aliphatic heterocycles. The highest BCUT2D eigenvalue weighted by Crippen LogP contribution is 2.00. The van der Waals surface area contributed by atoms with Gasteiger partial charge < -0.3 is 16.4 Å². The minimum Gasteiger partial charge on any atom is -0.354 e. The monoisotopic (exact) mass is 219 g/mol. The van der Waals surface area contributed by atoms with Crippen molar-refractivity contribution in [1.82, 2.24) is 10.6 Å². The third-order valence-electron chi connectivity index (χ3n) is 1.53. The molecule has 0 saturated carbocycles. The van der Waals surface area contributed by atoms with Crippen molar-refractivity contribution in [2.45, 2.75) is 13.3 Å². The van der Waals surface area contributed by atoms with E-state index >= 15 is 0 Å². The van der Waals surface area contributed by atoms with E-state index in [2.05, 4.69) is 17.6 Å². The Morgan fingerprint density at radius 2 is 2.14 bits per heavy atom. The maximum absolute atomic E-state index is 11.2. The van der Waals surface area contributed by atoms with Gasteiger partial charge in [-0.2, -0.15) is 11.8 Å². The zero-order chi connectivity index (χ0) is 10.6. The summed E-state index contributed by atoms with van der Waals surface area (Å²) in [6.45, 7) is 5.04. The maximum atomic E-state index is 11.2. The smallest absolute Gasteiger partial charge is 0.230 e. The van der Waals surface area contributed by atoms with E-state index in [1.54, 1.807) is 11.8 Å². The molecule has 0 radical (unpaired) electrons. The van der Waals surface area contributed by atoms with E-state index < -0.39 is 0 Å². The zero-order valence-corrected chi connectivity index (χ0v) is 9.66. The first-order valence-electron chi connectivity index (χ1n) is 5.06. The molecule has 0 unspecified atom stereocenters. The normalized spacial score (nSPS) is 10.1. The van der Waals surface area contributed by atoms with Gasteiger partial charge in [0.15, 0.2) is 0 Å². The van der Waals surface area contributed by atoms with Gasteiger partial charge in [-0.3, -0.25) is 4.79 Å². The Hall–Kier alpha value is -0.260. The zero-order valence-electron chi connectivity index (χ0n) is 8.84. The number of thioether (sulfide) groups is 1. The van der Waals surface area contributed by atoms with Gasteiger partial charge in [0.1, 0.15) is 0 Å². The van der Waals surface area contributed by atoms with Crippen LogP contribution in [0.15, 0.2) is 0 Å². The SMILES string of the molecule is CCCSCC(=O)NCCNCCN. The van der Waals surface area contributed by atoms with Crippen LogP contribution in [-0.4, -0.2) is 43.6 Å². The Balaban J connectivity index is 3.10. The summed E-state index contributed by atoms with van der Waals surface area (Å²) in [6, 6.07) is 0. The van der Waals surface area contributed by atoms with Crippen LogP contribution in [-0.2, 0) is 4.79 Å². The molecule has 0 rings (SSSR count). The summed E-state index contributed by atoms with van der Waals surface area (Å²) in [6.07, 6.45) is 1.12. The van der Waals surface area contributed by atoms with E-state index in [4.69, 9.17) is 5.73 Å². The number of carbonyl (C=O) groups excluding carboxylic acids is 1. The highest BCUT2D eigenvalue weighted by Gasteiger charge is 1.98. The molecule has 84 valence electrons. The molecule has 0 fully saturated rings. The molecule has 0 spiro atoms. The average molecular weight is 219 g/mol. The number of nitrogens with two attached hydrogens (primary N) is 1. The molecule has 0 aliphatic rings. The minimum absolute atomic E-state index is 0.123. The molecule has 4 N–H and O–H groups in total. The lowest BCUT2D eigenvalue weighted by Gasteiger charge is -2.05. The molecule has 0 bridgehead atoms. The van der Waals surface area contributed by atoms with E-state index in [9.17, 15) is 4.79 Å². The van der Waals surface area contributed by atoms with Crippen LogP contribution < -0.4 is 16.4 Å². The number of hydrogen-bond donors (Lipinski definition) is 3. The van der Waals surface area contributed by atoms with Crippen molar-refractivity contribution in [2.24, 2.45) is 5.73 Å². The van der Waals surface area contributed by atoms with Crippen LogP contribution in [0, 0.1) is 0 Å². The molecule has 0 aromatic heterocycles. The van der Waals surface area contributed by atoms with Crippen LogP contribution in [0.2, 0.25) is 0 Å². The molecule has 5 heteroatoms. The average Bonchev–Trinajstić information content (AvgIpc) is 2.18. The van der Waals surface area contributed by atoms with E-state index in [0.717, 1.165) is 25.3 Å². The molecule has 0 saturated heterocycles. The molecular formula is C9H21N3OS. The van der Waals surface area contributed by atoms with Crippen molar-refractivity contribution in [3.8, 4) is 0 Å². The van der Waals surface area contributed by atoms with Gasteiger partial charge in [0.25, 0.3) is 0 Å². The predicted molar refractivity (Wildman–Crippen MR) is 62.5 cm³/mol. The predicted octanol–water partition coefficient (Wildman–Crippen LogP) is -0.206. The maximum Gasteiger partial charge on any atom is 0.230 e. The van der Waals surface area contributed by atoms with Crippen LogP contribution in [0.4, 0.5) is 0 Å². The summed E-state index contributed by atoms with van der Waals surface area (Å²) < 4.78 is 0. The molecule has 0 aromatic carbocycles. The third kappa shape index (κ3) is 9.83. The van der Waals surface area contributed by atoms with Gasteiger partial charge in [0, 0.05) is 26.2 Å². The van der Waals surface area contributed by atoms with Gasteiger partial charge in [0.05, 0.1) is 5.75 Å². The van der Waals surface area contributed by atoms with Gasteiger partial charge in [-0.05, 0) is 12.2 Å². The molecule has 1 amide bonds. The van der Waals surface area contributed by atoms with Crippen molar-refractivity contribution in [1.29, 1.82) is 0 Å². The lowest BCUT2D eigenvalue weighted by Crippen LogP contribution is -2.34. The Kier molecular flexibility index (Phi) is 10.6. The number of nitrogens with one attached hydrogen (secondary N) is 2. The van der Waals surface area contributed by atoms with Crippen molar-refractivity contribution in [2.75, 3.05) is 37.7 Å². The fourth-order valence-electron chi connectivity index (χ4n) is 0.878. The first-order valence-corrected chi connectivity index (χ1v) is 6.22. The van der Waals surface area contributed by atoms with Gasteiger partial charge in [-0.15, -0.1) is 0 Å². The second-order valence-corrected chi connectivity index (χ2v) is 4.05. The summed E-state index contributed by atoms with van der Waals surface area (Å²) in [4.78, 5) is 11.2. The fraction of sp³-hybridized carbons (Fsp3) is 0.889. The van der Waals surface area contributed by atoms with Crippen LogP contribution in [0.3, 0.4) is 0 Å². The van der Waals surface area contributed by atoms with Crippen LogP contribution >= 0.6 is 11.8 Å². The summed E-state index contributed by atoms with van der Waals surface area (Å²) in [5.41, 5.74) is 5.30. The second-order valence-electron chi connectivity index (χ2n) is 2.94. The molecule has 14 heavy (non-hydrogen) atoms. The van der Waals surface area contributed by atoms with E-state index in [0.29, 0.717) is 18.8 Å².